The third-order valence-corrected chi connectivity index (χ3v) is 8.52. The van der Waals surface area contributed by atoms with Crippen LogP contribution in [0, 0.1) is 0 Å². The summed E-state index contributed by atoms with van der Waals surface area (Å²) in [5.41, 5.74) is -0.135. The van der Waals surface area contributed by atoms with Crippen molar-refractivity contribution in [2.75, 3.05) is 0 Å². The molecule has 2 aromatic carbocycles. The Bertz CT molecular complexity index is 725. The van der Waals surface area contributed by atoms with Gasteiger partial charge < -0.3 is 0 Å². The molecule has 12 heteroatoms. The van der Waals surface area contributed by atoms with Crippen molar-refractivity contribution in [3.63, 3.8) is 0 Å². The molecule has 0 aromatic heterocycles. The summed E-state index contributed by atoms with van der Waals surface area (Å²) in [4.78, 5) is 0. The van der Waals surface area contributed by atoms with Crippen LogP contribution in [0.3, 0.4) is 0 Å². The Kier molecular flexibility index (Phi) is 7.85. The van der Waals surface area contributed by atoms with Gasteiger partial charge in [-0.25, -0.2) is 0 Å². The van der Waals surface area contributed by atoms with Crippen molar-refractivity contribution in [2.24, 2.45) is 0 Å². The van der Waals surface area contributed by atoms with E-state index in [1.54, 1.807) is 0 Å². The molecule has 0 spiro atoms. The SMILES string of the molecule is Clc1c(Cl)c(Cl)c(B(Br)c2c(Cl)c(Cl)c(Cl)c(Cl)c2Cl)c(Cl)c1Cl. The van der Waals surface area contributed by atoms with Crippen LogP contribution in [0.4, 0.5) is 0 Å². The molecule has 0 heterocycles. The summed E-state index contributed by atoms with van der Waals surface area (Å²) < 4.78 is 0. The highest BCUT2D eigenvalue weighted by atomic mass is 79.9. The summed E-state index contributed by atoms with van der Waals surface area (Å²) in [7, 11) is 0. The highest BCUT2D eigenvalue weighted by molar-refractivity contribution is 9.25. The van der Waals surface area contributed by atoms with E-state index >= 15 is 0 Å². The lowest BCUT2D eigenvalue weighted by Crippen LogP contribution is -2.40. The third-order valence-electron chi connectivity index (χ3n) is 2.99. The molecule has 0 saturated heterocycles. The van der Waals surface area contributed by atoms with E-state index in [0.717, 1.165) is 0 Å². The fourth-order valence-electron chi connectivity index (χ4n) is 1.83. The van der Waals surface area contributed by atoms with E-state index < -0.39 is 5.54 Å². The van der Waals surface area contributed by atoms with Crippen molar-refractivity contribution in [3.05, 3.63) is 50.2 Å². The van der Waals surface area contributed by atoms with Gasteiger partial charge >= 0.3 is 0 Å². The maximum atomic E-state index is 6.27. The van der Waals surface area contributed by atoms with E-state index in [1.807, 2.05) is 0 Å². The first-order valence-electron chi connectivity index (χ1n) is 5.69. The van der Waals surface area contributed by atoms with Crippen LogP contribution in [-0.2, 0) is 0 Å². The van der Waals surface area contributed by atoms with Crippen LogP contribution in [0.2, 0.25) is 50.2 Å². The first kappa shape index (κ1) is 22.2. The Morgan fingerprint density at radius 2 is 0.542 bits per heavy atom. The number of hydrogen-bond donors (Lipinski definition) is 0. The van der Waals surface area contributed by atoms with Gasteiger partial charge in [0.2, 0.25) is 0 Å². The molecule has 0 aliphatic rings. The summed E-state index contributed by atoms with van der Waals surface area (Å²) in [5.74, 6) is 0. The number of rotatable bonds is 2. The lowest BCUT2D eigenvalue weighted by atomic mass is 9.63. The minimum atomic E-state index is -0.739. The minimum absolute atomic E-state index is 0.0288. The van der Waals surface area contributed by atoms with Crippen LogP contribution in [0.15, 0.2) is 0 Å². The molecule has 0 amide bonds. The van der Waals surface area contributed by atoms with Crippen LogP contribution in [0.5, 0.6) is 0 Å². The van der Waals surface area contributed by atoms with Crippen LogP contribution < -0.4 is 10.9 Å². The highest BCUT2D eigenvalue weighted by Crippen LogP contribution is 2.42. The molecule has 0 N–H and O–H groups in total. The molecular formula is C12BBrCl10. The second-order valence-electron chi connectivity index (χ2n) is 4.33. The van der Waals surface area contributed by atoms with E-state index in [0.29, 0.717) is 10.9 Å². The Morgan fingerprint density at radius 3 is 0.750 bits per heavy atom. The Hall–Kier alpha value is 1.88. The Morgan fingerprint density at radius 1 is 0.375 bits per heavy atom. The molecule has 2 rings (SSSR count). The van der Waals surface area contributed by atoms with E-state index in [4.69, 9.17) is 116 Å². The van der Waals surface area contributed by atoms with Crippen LogP contribution >= 0.6 is 132 Å². The molecule has 24 heavy (non-hydrogen) atoms. The number of hydrogen-bond acceptors (Lipinski definition) is 0. The van der Waals surface area contributed by atoms with Gasteiger partial charge in [-0.3, -0.25) is 0 Å². The molecule has 0 nitrogen and oxygen atoms in total. The molecule has 128 valence electrons. The summed E-state index contributed by atoms with van der Waals surface area (Å²) >= 11 is 64.8. The quantitative estimate of drug-likeness (QED) is 0.187. The molecule has 2 aromatic rings. The van der Waals surface area contributed by atoms with Gasteiger partial charge in [0, 0.05) is 0 Å². The summed E-state index contributed by atoms with van der Waals surface area (Å²) in [5, 5.41) is 0.494. The van der Waals surface area contributed by atoms with Gasteiger partial charge in [-0.1, -0.05) is 116 Å². The maximum absolute atomic E-state index is 6.27. The van der Waals surface area contributed by atoms with Crippen LogP contribution in [-0.4, -0.2) is 5.54 Å². The average molecular weight is 589 g/mol. The first-order chi connectivity index (χ1) is 11.0. The van der Waals surface area contributed by atoms with Gasteiger partial charge in [-0.15, -0.1) is 15.8 Å². The Labute approximate surface area is 196 Å². The molecule has 0 fully saturated rings. The largest absolute Gasteiger partial charge is 0.293 e. The highest BCUT2D eigenvalue weighted by Gasteiger charge is 2.33. The Balaban J connectivity index is 2.84. The second kappa shape index (κ2) is 8.49. The molecule has 0 unspecified atom stereocenters. The van der Waals surface area contributed by atoms with Crippen LogP contribution in [0.1, 0.15) is 0 Å². The standard InChI is InChI=1S/C12BBrCl10/c14-13(1-3(15)7(19)11(23)8(20)4(1)16)2-5(17)9(21)12(24)10(22)6(2)18. The fraction of sp³-hybridized carbons (Fsp3) is 0. The van der Waals surface area contributed by atoms with Gasteiger partial charge in [0.05, 0.1) is 50.2 Å². The molecule has 0 aliphatic carbocycles. The molecule has 0 aliphatic heterocycles. The van der Waals surface area contributed by atoms with Crippen LogP contribution in [0.25, 0.3) is 0 Å². The summed E-state index contributed by atoms with van der Waals surface area (Å²) in [6.07, 6.45) is 0. The van der Waals surface area contributed by atoms with Gasteiger partial charge in [0.1, 0.15) is 0 Å². The minimum Gasteiger partial charge on any atom is -0.143 e. The molecule has 0 saturated carbocycles. The predicted molar refractivity (Wildman–Crippen MR) is 117 cm³/mol. The smallest absolute Gasteiger partial charge is 0.143 e. The van der Waals surface area contributed by atoms with Gasteiger partial charge in [0.15, 0.2) is 0 Å². The van der Waals surface area contributed by atoms with E-state index in [-0.39, 0.29) is 50.2 Å². The lowest BCUT2D eigenvalue weighted by Gasteiger charge is -2.19. The van der Waals surface area contributed by atoms with Crippen molar-refractivity contribution in [3.8, 4) is 0 Å². The first-order valence-corrected chi connectivity index (χ1v) is 10.4. The summed E-state index contributed by atoms with van der Waals surface area (Å²) in [6, 6.07) is 0. The average Bonchev–Trinajstić information content (AvgIpc) is 2.55. The van der Waals surface area contributed by atoms with Gasteiger partial charge in [-0.2, -0.15) is 0 Å². The topological polar surface area (TPSA) is 0 Å². The summed E-state index contributed by atoms with van der Waals surface area (Å²) in [6.45, 7) is 0. The van der Waals surface area contributed by atoms with Crippen molar-refractivity contribution in [1.82, 2.24) is 0 Å². The number of halogens is 11. The van der Waals surface area contributed by atoms with Crippen molar-refractivity contribution >= 4 is 148 Å². The maximum Gasteiger partial charge on any atom is 0.293 e. The molecule has 0 bridgehead atoms. The van der Waals surface area contributed by atoms with E-state index in [1.165, 1.54) is 0 Å². The third kappa shape index (κ3) is 3.73. The van der Waals surface area contributed by atoms with Crippen molar-refractivity contribution < 1.29 is 0 Å². The van der Waals surface area contributed by atoms with Gasteiger partial charge in [-0.05, 0) is 10.9 Å². The zero-order valence-electron chi connectivity index (χ0n) is 10.7. The fourth-order valence-corrected chi connectivity index (χ4v) is 6.02. The van der Waals surface area contributed by atoms with E-state index in [2.05, 4.69) is 15.8 Å². The molecular weight excluding hydrogens is 589 g/mol. The number of benzene rings is 2. The van der Waals surface area contributed by atoms with Crippen molar-refractivity contribution in [2.45, 2.75) is 0 Å². The molecule has 0 radical (unpaired) electrons. The molecule has 0 atom stereocenters. The van der Waals surface area contributed by atoms with Gasteiger partial charge in [0.25, 0.3) is 5.54 Å². The zero-order valence-corrected chi connectivity index (χ0v) is 19.9. The zero-order chi connectivity index (χ0) is 18.5. The normalized spacial score (nSPS) is 11.1. The second-order valence-corrected chi connectivity index (χ2v) is 9.03. The lowest BCUT2D eigenvalue weighted by molar-refractivity contribution is 1.72. The predicted octanol–water partition coefficient (Wildman–Crippen LogP) is 8.72. The monoisotopic (exact) mass is 584 g/mol. The van der Waals surface area contributed by atoms with Crippen molar-refractivity contribution in [1.29, 1.82) is 0 Å². The van der Waals surface area contributed by atoms with E-state index in [9.17, 15) is 0 Å².